The molecule has 0 bridgehead atoms. The maximum Gasteiger partial charge on any atom is 0.344 e. The van der Waals surface area contributed by atoms with Gasteiger partial charge in [0.05, 0.1) is 24.4 Å². The van der Waals surface area contributed by atoms with Crippen LogP contribution in [0.3, 0.4) is 0 Å². The van der Waals surface area contributed by atoms with Crippen molar-refractivity contribution in [2.45, 2.75) is 56.5 Å². The van der Waals surface area contributed by atoms with Crippen LogP contribution in [0.25, 0.3) is 0 Å². The van der Waals surface area contributed by atoms with E-state index in [0.29, 0.717) is 11.7 Å². The molecule has 1 saturated heterocycles. The molecule has 1 N–H and O–H groups in total. The average molecular weight is 409 g/mol. The number of hydrogen-bond acceptors (Lipinski definition) is 6. The van der Waals surface area contributed by atoms with E-state index in [9.17, 15) is 9.59 Å². The fourth-order valence-corrected chi connectivity index (χ4v) is 5.68. The summed E-state index contributed by atoms with van der Waals surface area (Å²) in [6, 6.07) is 2.30. The van der Waals surface area contributed by atoms with E-state index in [1.54, 1.807) is 15.9 Å². The number of nitrogens with one attached hydrogen (secondary N) is 1. The van der Waals surface area contributed by atoms with Crippen LogP contribution in [0.15, 0.2) is 21.4 Å². The first-order valence-electron chi connectivity index (χ1n) is 9.42. The third-order valence-corrected chi connectivity index (χ3v) is 7.22. The van der Waals surface area contributed by atoms with Crippen molar-refractivity contribution in [3.63, 3.8) is 0 Å². The van der Waals surface area contributed by atoms with E-state index in [-0.39, 0.29) is 29.5 Å². The zero-order chi connectivity index (χ0) is 18.8. The molecule has 146 valence electrons. The Hall–Kier alpha value is -1.58. The van der Waals surface area contributed by atoms with Crippen LogP contribution < -0.4 is 5.69 Å². The lowest BCUT2D eigenvalue weighted by Crippen LogP contribution is -2.40. The lowest BCUT2D eigenvalue weighted by atomic mass is 9.98. The lowest BCUT2D eigenvalue weighted by Gasteiger charge is -2.35. The number of H-pyrrole nitrogens is 1. The second-order valence-electron chi connectivity index (χ2n) is 6.91. The molecule has 2 unspecified atom stereocenters. The number of hydrogen-bond donors (Lipinski definition) is 1. The molecule has 0 spiro atoms. The Balaban J connectivity index is 1.42. The molecule has 0 aromatic carbocycles. The van der Waals surface area contributed by atoms with E-state index >= 15 is 0 Å². The first kappa shape index (κ1) is 18.8. The van der Waals surface area contributed by atoms with Crippen LogP contribution in [0.5, 0.6) is 0 Å². The Morgan fingerprint density at radius 3 is 3.19 bits per heavy atom. The van der Waals surface area contributed by atoms with Crippen LogP contribution in [0.4, 0.5) is 0 Å². The Labute approximate surface area is 166 Å². The van der Waals surface area contributed by atoms with Gasteiger partial charge in [-0.15, -0.1) is 16.4 Å². The fourth-order valence-electron chi connectivity index (χ4n) is 3.91. The lowest BCUT2D eigenvalue weighted by molar-refractivity contribution is -0.131. The summed E-state index contributed by atoms with van der Waals surface area (Å²) in [5.41, 5.74) is 1.05. The molecule has 0 aliphatic carbocycles. The van der Waals surface area contributed by atoms with Gasteiger partial charge in [0, 0.05) is 18.0 Å². The van der Waals surface area contributed by atoms with Crippen molar-refractivity contribution >= 4 is 29.0 Å². The second kappa shape index (κ2) is 8.20. The van der Waals surface area contributed by atoms with Crippen LogP contribution in [-0.4, -0.2) is 50.6 Å². The Morgan fingerprint density at radius 1 is 1.52 bits per heavy atom. The van der Waals surface area contributed by atoms with E-state index in [2.05, 4.69) is 28.6 Å². The highest BCUT2D eigenvalue weighted by molar-refractivity contribution is 7.99. The number of ether oxygens (including phenoxy) is 1. The first-order chi connectivity index (χ1) is 13.2. The molecule has 27 heavy (non-hydrogen) atoms. The summed E-state index contributed by atoms with van der Waals surface area (Å²) < 4.78 is 7.22. The van der Waals surface area contributed by atoms with Gasteiger partial charge >= 0.3 is 5.69 Å². The van der Waals surface area contributed by atoms with E-state index in [4.69, 9.17) is 4.74 Å². The summed E-state index contributed by atoms with van der Waals surface area (Å²) in [6.45, 7) is 4.12. The van der Waals surface area contributed by atoms with Crippen LogP contribution in [0.2, 0.25) is 0 Å². The van der Waals surface area contributed by atoms with Gasteiger partial charge in [0.2, 0.25) is 5.91 Å². The maximum atomic E-state index is 12.9. The fraction of sp³-hybridized carbons (Fsp3) is 0.611. The number of nitrogens with zero attached hydrogens (tertiary/aromatic N) is 3. The third-order valence-electron chi connectivity index (χ3n) is 5.26. The summed E-state index contributed by atoms with van der Waals surface area (Å²) >= 11 is 3.11. The Morgan fingerprint density at radius 2 is 2.41 bits per heavy atom. The van der Waals surface area contributed by atoms with Gasteiger partial charge in [0.15, 0.2) is 5.16 Å². The molecule has 7 nitrogen and oxygen atoms in total. The maximum absolute atomic E-state index is 12.9. The molecular formula is C18H24N4O3S2. The monoisotopic (exact) mass is 408 g/mol. The van der Waals surface area contributed by atoms with Crippen molar-refractivity contribution in [1.82, 2.24) is 19.7 Å². The van der Waals surface area contributed by atoms with Gasteiger partial charge in [-0.1, -0.05) is 18.7 Å². The minimum Gasteiger partial charge on any atom is -0.376 e. The molecule has 0 saturated carbocycles. The van der Waals surface area contributed by atoms with Gasteiger partial charge in [-0.3, -0.25) is 9.36 Å². The summed E-state index contributed by atoms with van der Waals surface area (Å²) in [6.07, 6.45) is 3.86. The molecular weight excluding hydrogens is 384 g/mol. The molecule has 2 atom stereocenters. The number of carbonyl (C=O) groups is 1. The van der Waals surface area contributed by atoms with Gasteiger partial charge in [0.25, 0.3) is 0 Å². The first-order valence-corrected chi connectivity index (χ1v) is 11.3. The number of rotatable bonds is 6. The van der Waals surface area contributed by atoms with E-state index in [0.717, 1.165) is 38.8 Å². The second-order valence-corrected chi connectivity index (χ2v) is 8.85. The van der Waals surface area contributed by atoms with Crippen LogP contribution in [0, 0.1) is 0 Å². The van der Waals surface area contributed by atoms with Crippen LogP contribution in [-0.2, 0) is 22.5 Å². The highest BCUT2D eigenvalue weighted by atomic mass is 32.2. The number of amides is 1. The summed E-state index contributed by atoms with van der Waals surface area (Å²) in [5.74, 6) is 0.383. The summed E-state index contributed by atoms with van der Waals surface area (Å²) in [4.78, 5) is 28.3. The molecule has 2 aliphatic heterocycles. The molecule has 4 rings (SSSR count). The average Bonchev–Trinajstić information content (AvgIpc) is 3.42. The van der Waals surface area contributed by atoms with Crippen molar-refractivity contribution in [3.05, 3.63) is 32.4 Å². The largest absolute Gasteiger partial charge is 0.376 e. The van der Waals surface area contributed by atoms with Gasteiger partial charge in [-0.25, -0.2) is 9.89 Å². The van der Waals surface area contributed by atoms with E-state index < -0.39 is 0 Å². The number of fused-ring (bicyclic) bond motifs is 1. The number of carbonyl (C=O) groups excluding carboxylic acids is 1. The van der Waals surface area contributed by atoms with Crippen molar-refractivity contribution in [2.75, 3.05) is 18.9 Å². The van der Waals surface area contributed by atoms with Crippen molar-refractivity contribution in [2.24, 2.45) is 0 Å². The minimum atomic E-state index is -0.243. The predicted octanol–water partition coefficient (Wildman–Crippen LogP) is 2.44. The Bertz CT molecular complexity index is 853. The molecule has 2 aromatic rings. The zero-order valence-electron chi connectivity index (χ0n) is 15.3. The van der Waals surface area contributed by atoms with Gasteiger partial charge < -0.3 is 9.64 Å². The third kappa shape index (κ3) is 3.86. The SMILES string of the molecule is CCC1c2ccsc2CCN1C(=O)CSc1n[nH]c(=O)n1CC1CCCO1. The van der Waals surface area contributed by atoms with Crippen LogP contribution >= 0.6 is 23.1 Å². The standard InChI is InChI=1S/C18H24N4O3S2/c1-2-14-13-6-9-26-15(13)5-7-21(14)16(23)11-27-18-20-19-17(24)22(18)10-12-4-3-8-25-12/h6,9,12,14H,2-5,7-8,10-11H2,1H3,(H,19,24). The van der Waals surface area contributed by atoms with Crippen molar-refractivity contribution < 1.29 is 9.53 Å². The van der Waals surface area contributed by atoms with E-state index in [1.807, 2.05) is 4.90 Å². The normalized spacial score (nSPS) is 22.2. The summed E-state index contributed by atoms with van der Waals surface area (Å²) in [7, 11) is 0. The van der Waals surface area contributed by atoms with Gasteiger partial charge in [-0.2, -0.15) is 0 Å². The van der Waals surface area contributed by atoms with Crippen molar-refractivity contribution in [3.8, 4) is 0 Å². The van der Waals surface area contributed by atoms with E-state index in [1.165, 1.54) is 22.2 Å². The molecule has 2 aliphatic rings. The number of aromatic amines is 1. The zero-order valence-corrected chi connectivity index (χ0v) is 17.0. The minimum absolute atomic E-state index is 0.0546. The molecule has 9 heteroatoms. The quantitative estimate of drug-likeness (QED) is 0.743. The highest BCUT2D eigenvalue weighted by Gasteiger charge is 2.30. The predicted molar refractivity (Wildman–Crippen MR) is 105 cm³/mol. The number of aromatic nitrogens is 3. The summed E-state index contributed by atoms with van der Waals surface area (Å²) in [5, 5.41) is 9.28. The number of thiophene rings is 1. The number of thioether (sulfide) groups is 1. The van der Waals surface area contributed by atoms with Gasteiger partial charge in [0.1, 0.15) is 0 Å². The van der Waals surface area contributed by atoms with Crippen molar-refractivity contribution in [1.29, 1.82) is 0 Å². The molecule has 2 aromatic heterocycles. The molecule has 1 amide bonds. The molecule has 4 heterocycles. The van der Waals surface area contributed by atoms with Gasteiger partial charge in [-0.05, 0) is 42.7 Å². The Kier molecular flexibility index (Phi) is 5.70. The smallest absolute Gasteiger partial charge is 0.344 e. The van der Waals surface area contributed by atoms with Crippen LogP contribution in [0.1, 0.15) is 42.7 Å². The highest BCUT2D eigenvalue weighted by Crippen LogP contribution is 2.35. The topological polar surface area (TPSA) is 80.2 Å². The molecule has 0 radical (unpaired) electrons. The molecule has 1 fully saturated rings.